The van der Waals surface area contributed by atoms with Crippen LogP contribution in [0.25, 0.3) is 0 Å². The predicted molar refractivity (Wildman–Crippen MR) is 109 cm³/mol. The van der Waals surface area contributed by atoms with E-state index >= 15 is 0 Å². The molecule has 148 valence electrons. The lowest BCUT2D eigenvalue weighted by molar-refractivity contribution is -0.116. The number of anilines is 2. The third-order valence-electron chi connectivity index (χ3n) is 4.64. The number of carbonyl (C=O) groups excluding carboxylic acids is 2. The van der Waals surface area contributed by atoms with E-state index in [1.165, 1.54) is 4.90 Å². The maximum absolute atomic E-state index is 12.6. The topological polar surface area (TPSA) is 74.8 Å². The fourth-order valence-electron chi connectivity index (χ4n) is 3.10. The number of nitrogens with one attached hydrogen (secondary N) is 1. The molecule has 1 aliphatic heterocycles. The molecule has 1 aliphatic rings. The summed E-state index contributed by atoms with van der Waals surface area (Å²) < 4.78 is 5.37. The van der Waals surface area contributed by atoms with Gasteiger partial charge < -0.3 is 19.9 Å². The average molecular weight is 382 g/mol. The lowest BCUT2D eigenvalue weighted by atomic mass is 10.2. The van der Waals surface area contributed by atoms with Crippen molar-refractivity contribution in [3.63, 3.8) is 0 Å². The first-order chi connectivity index (χ1) is 13.6. The number of ether oxygens (including phenoxy) is 1. The van der Waals surface area contributed by atoms with Crippen LogP contribution < -0.4 is 10.2 Å². The van der Waals surface area contributed by atoms with Crippen LogP contribution >= 0.6 is 0 Å². The molecule has 1 aromatic heterocycles. The second-order valence-corrected chi connectivity index (χ2v) is 6.68. The monoisotopic (exact) mass is 382 g/mol. The Labute approximate surface area is 165 Å². The molecule has 1 saturated heterocycles. The molecular formula is C21H26N4O3. The molecule has 3 rings (SSSR count). The number of aromatic nitrogens is 1. The summed E-state index contributed by atoms with van der Waals surface area (Å²) in [5.41, 5.74) is 2.94. The Bertz CT molecular complexity index is 817. The normalized spacial score (nSPS) is 13.9. The van der Waals surface area contributed by atoms with E-state index in [-0.39, 0.29) is 18.4 Å². The molecule has 0 aliphatic carbocycles. The van der Waals surface area contributed by atoms with Crippen molar-refractivity contribution >= 4 is 23.2 Å². The molecule has 0 spiro atoms. The van der Waals surface area contributed by atoms with Crippen LogP contribution in [0.2, 0.25) is 0 Å². The Morgan fingerprint density at radius 1 is 1.14 bits per heavy atom. The zero-order valence-electron chi connectivity index (χ0n) is 16.4. The number of hydrogen-bond donors (Lipinski definition) is 1. The molecule has 1 fully saturated rings. The van der Waals surface area contributed by atoms with Crippen molar-refractivity contribution in [2.24, 2.45) is 0 Å². The first-order valence-corrected chi connectivity index (χ1v) is 9.52. The van der Waals surface area contributed by atoms with Gasteiger partial charge in [-0.05, 0) is 50.2 Å². The van der Waals surface area contributed by atoms with Gasteiger partial charge in [0.2, 0.25) is 5.91 Å². The third kappa shape index (κ3) is 5.07. The number of nitrogens with zero attached hydrogens (tertiary/aromatic N) is 3. The van der Waals surface area contributed by atoms with Gasteiger partial charge in [-0.1, -0.05) is 6.07 Å². The molecule has 0 unspecified atom stereocenters. The Kier molecular flexibility index (Phi) is 6.60. The van der Waals surface area contributed by atoms with E-state index in [1.54, 1.807) is 12.1 Å². The summed E-state index contributed by atoms with van der Waals surface area (Å²) in [5.74, 6) is -0.481. The van der Waals surface area contributed by atoms with Gasteiger partial charge in [0.05, 0.1) is 13.2 Å². The first-order valence-electron chi connectivity index (χ1n) is 9.52. The van der Waals surface area contributed by atoms with Crippen LogP contribution in [0.4, 0.5) is 11.4 Å². The molecule has 0 radical (unpaired) electrons. The molecule has 28 heavy (non-hydrogen) atoms. The van der Waals surface area contributed by atoms with Crippen LogP contribution in [0.3, 0.4) is 0 Å². The van der Waals surface area contributed by atoms with Crippen molar-refractivity contribution in [2.45, 2.75) is 13.8 Å². The maximum Gasteiger partial charge on any atom is 0.272 e. The van der Waals surface area contributed by atoms with Crippen LogP contribution in [0.1, 0.15) is 23.1 Å². The summed E-state index contributed by atoms with van der Waals surface area (Å²) in [5, 5.41) is 2.86. The highest BCUT2D eigenvalue weighted by molar-refractivity contribution is 5.98. The van der Waals surface area contributed by atoms with Gasteiger partial charge >= 0.3 is 0 Å². The number of hydrogen-bond acceptors (Lipinski definition) is 5. The molecule has 2 heterocycles. The molecule has 7 heteroatoms. The molecular weight excluding hydrogens is 356 g/mol. The predicted octanol–water partition coefficient (Wildman–Crippen LogP) is 2.33. The van der Waals surface area contributed by atoms with Crippen molar-refractivity contribution in [1.29, 1.82) is 0 Å². The van der Waals surface area contributed by atoms with Gasteiger partial charge in [-0.25, -0.2) is 4.98 Å². The third-order valence-corrected chi connectivity index (χ3v) is 4.64. The van der Waals surface area contributed by atoms with E-state index in [4.69, 9.17) is 4.74 Å². The van der Waals surface area contributed by atoms with Gasteiger partial charge in [-0.3, -0.25) is 9.59 Å². The molecule has 0 saturated carbocycles. The van der Waals surface area contributed by atoms with Gasteiger partial charge in [0.25, 0.3) is 5.91 Å². The van der Waals surface area contributed by atoms with Crippen molar-refractivity contribution < 1.29 is 14.3 Å². The van der Waals surface area contributed by atoms with E-state index in [2.05, 4.69) is 15.2 Å². The zero-order valence-corrected chi connectivity index (χ0v) is 16.4. The standard InChI is InChI=1S/C21H26N4O3/c1-3-24(21(27)19-6-4-5-16(2)22-19)15-20(26)23-17-7-9-18(10-8-17)25-11-13-28-14-12-25/h4-10H,3,11-15H2,1-2H3,(H,23,26). The van der Waals surface area contributed by atoms with E-state index in [9.17, 15) is 9.59 Å². The second kappa shape index (κ2) is 9.32. The van der Waals surface area contributed by atoms with Crippen molar-refractivity contribution in [3.05, 3.63) is 53.9 Å². The highest BCUT2D eigenvalue weighted by atomic mass is 16.5. The number of pyridine rings is 1. The van der Waals surface area contributed by atoms with Crippen LogP contribution in [0.15, 0.2) is 42.5 Å². The van der Waals surface area contributed by atoms with E-state index in [0.29, 0.717) is 17.9 Å². The number of morpholine rings is 1. The van der Waals surface area contributed by atoms with Gasteiger partial charge in [-0.2, -0.15) is 0 Å². The minimum Gasteiger partial charge on any atom is -0.378 e. The Morgan fingerprint density at radius 2 is 1.86 bits per heavy atom. The van der Waals surface area contributed by atoms with Gasteiger partial charge in [0.15, 0.2) is 0 Å². The summed E-state index contributed by atoms with van der Waals surface area (Å²) in [4.78, 5) is 33.0. The van der Waals surface area contributed by atoms with Gasteiger partial charge in [-0.15, -0.1) is 0 Å². The van der Waals surface area contributed by atoms with E-state index < -0.39 is 0 Å². The average Bonchev–Trinajstić information content (AvgIpc) is 2.72. The summed E-state index contributed by atoms with van der Waals surface area (Å²) >= 11 is 0. The quantitative estimate of drug-likeness (QED) is 0.830. The minimum absolute atomic E-state index is 0.0177. The smallest absolute Gasteiger partial charge is 0.272 e. The number of benzene rings is 1. The molecule has 7 nitrogen and oxygen atoms in total. The van der Waals surface area contributed by atoms with Crippen LogP contribution in [0, 0.1) is 6.92 Å². The minimum atomic E-state index is -0.246. The lowest BCUT2D eigenvalue weighted by Crippen LogP contribution is -2.38. The van der Waals surface area contributed by atoms with E-state index in [0.717, 1.165) is 37.7 Å². The number of carbonyl (C=O) groups is 2. The van der Waals surface area contributed by atoms with Gasteiger partial charge in [0, 0.05) is 36.7 Å². The highest BCUT2D eigenvalue weighted by Gasteiger charge is 2.19. The van der Waals surface area contributed by atoms with Crippen molar-refractivity contribution in [2.75, 3.05) is 49.6 Å². The van der Waals surface area contributed by atoms with Crippen LogP contribution in [-0.4, -0.2) is 61.1 Å². The largest absolute Gasteiger partial charge is 0.378 e. The maximum atomic E-state index is 12.6. The lowest BCUT2D eigenvalue weighted by Gasteiger charge is -2.29. The molecule has 0 atom stereocenters. The number of amides is 2. The van der Waals surface area contributed by atoms with E-state index in [1.807, 2.05) is 44.2 Å². The Hall–Kier alpha value is -2.93. The molecule has 0 bridgehead atoms. The number of aryl methyl sites for hydroxylation is 1. The molecule has 2 amide bonds. The first kappa shape index (κ1) is 19.8. The molecule has 2 aromatic rings. The molecule has 1 aromatic carbocycles. The van der Waals surface area contributed by atoms with Crippen molar-refractivity contribution in [3.8, 4) is 0 Å². The SMILES string of the molecule is CCN(CC(=O)Nc1ccc(N2CCOCC2)cc1)C(=O)c1cccc(C)n1. The van der Waals surface area contributed by atoms with Crippen LogP contribution in [-0.2, 0) is 9.53 Å². The van der Waals surface area contributed by atoms with Crippen molar-refractivity contribution in [1.82, 2.24) is 9.88 Å². The summed E-state index contributed by atoms with van der Waals surface area (Å²) in [6, 6.07) is 13.0. The number of rotatable bonds is 6. The van der Waals surface area contributed by atoms with Crippen LogP contribution in [0.5, 0.6) is 0 Å². The molecule has 1 N–H and O–H groups in total. The second-order valence-electron chi connectivity index (χ2n) is 6.68. The zero-order chi connectivity index (χ0) is 19.9. The number of likely N-dealkylation sites (N-methyl/N-ethyl adjacent to an activating group) is 1. The Morgan fingerprint density at radius 3 is 2.50 bits per heavy atom. The fourth-order valence-corrected chi connectivity index (χ4v) is 3.10. The Balaban J connectivity index is 1.58. The summed E-state index contributed by atoms with van der Waals surface area (Å²) in [7, 11) is 0. The highest BCUT2D eigenvalue weighted by Crippen LogP contribution is 2.19. The van der Waals surface area contributed by atoms with Gasteiger partial charge in [0.1, 0.15) is 12.2 Å². The summed E-state index contributed by atoms with van der Waals surface area (Å²) in [6.45, 7) is 7.29. The fraction of sp³-hybridized carbons (Fsp3) is 0.381. The summed E-state index contributed by atoms with van der Waals surface area (Å²) in [6.07, 6.45) is 0.